The van der Waals surface area contributed by atoms with Crippen molar-refractivity contribution in [3.63, 3.8) is 0 Å². The Morgan fingerprint density at radius 2 is 1.94 bits per heavy atom. The third kappa shape index (κ3) is 4.35. The highest BCUT2D eigenvalue weighted by Crippen LogP contribution is 2.30. The van der Waals surface area contributed by atoms with E-state index in [1.54, 1.807) is 30.7 Å². The second kappa shape index (κ2) is 9.21. The molecule has 35 heavy (non-hydrogen) atoms. The van der Waals surface area contributed by atoms with Crippen molar-refractivity contribution in [2.75, 3.05) is 5.32 Å². The highest BCUT2D eigenvalue weighted by atomic mass is 16.4. The summed E-state index contributed by atoms with van der Waals surface area (Å²) >= 11 is 0. The van der Waals surface area contributed by atoms with Crippen molar-refractivity contribution >= 4 is 34.3 Å². The van der Waals surface area contributed by atoms with E-state index in [-0.39, 0.29) is 24.0 Å². The van der Waals surface area contributed by atoms with Gasteiger partial charge in [-0.2, -0.15) is 5.10 Å². The molecule has 2 amide bonds. The van der Waals surface area contributed by atoms with Crippen LogP contribution >= 0.6 is 0 Å². The van der Waals surface area contributed by atoms with E-state index < -0.39 is 0 Å². The number of hydrogen-bond donors (Lipinski definition) is 2. The van der Waals surface area contributed by atoms with E-state index >= 15 is 0 Å². The van der Waals surface area contributed by atoms with Crippen LogP contribution < -0.4 is 10.7 Å². The molecule has 0 atom stereocenters. The van der Waals surface area contributed by atoms with E-state index in [1.165, 1.54) is 0 Å². The van der Waals surface area contributed by atoms with Crippen LogP contribution in [0.25, 0.3) is 11.0 Å². The average molecular weight is 471 g/mol. The van der Waals surface area contributed by atoms with Gasteiger partial charge in [0.25, 0.3) is 5.91 Å². The first kappa shape index (κ1) is 22.6. The zero-order valence-corrected chi connectivity index (χ0v) is 19.9. The van der Waals surface area contributed by atoms with Crippen LogP contribution in [0, 0.1) is 20.8 Å². The molecule has 3 aromatic heterocycles. The highest BCUT2D eigenvalue weighted by molar-refractivity contribution is 6.09. The summed E-state index contributed by atoms with van der Waals surface area (Å²) in [6, 6.07) is 9.30. The lowest BCUT2D eigenvalue weighted by Gasteiger charge is -2.13. The molecule has 2 N–H and O–H groups in total. The molecule has 0 saturated heterocycles. The summed E-state index contributed by atoms with van der Waals surface area (Å²) in [6.45, 7) is 5.87. The number of pyridine rings is 1. The number of hydrazone groups is 1. The summed E-state index contributed by atoms with van der Waals surface area (Å²) in [5.74, 6) is 0.789. The molecule has 5 rings (SSSR count). The minimum atomic E-state index is -0.364. The van der Waals surface area contributed by atoms with Crippen LogP contribution in [0.4, 0.5) is 5.82 Å². The summed E-state index contributed by atoms with van der Waals surface area (Å²) < 4.78 is 11.6. The summed E-state index contributed by atoms with van der Waals surface area (Å²) in [5.41, 5.74) is 8.73. The molecule has 4 aromatic rings. The molecule has 0 radical (unpaired) electrons. The summed E-state index contributed by atoms with van der Waals surface area (Å²) in [7, 11) is 0. The number of nitrogens with one attached hydrogen (secondary N) is 2. The maximum atomic E-state index is 12.8. The second-order valence-electron chi connectivity index (χ2n) is 8.79. The quantitative estimate of drug-likeness (QED) is 0.399. The minimum absolute atomic E-state index is 0.154. The molecule has 1 aliphatic rings. The van der Waals surface area contributed by atoms with Crippen molar-refractivity contribution in [1.82, 2.24) is 10.4 Å². The normalized spacial score (nSPS) is 14.2. The Morgan fingerprint density at radius 1 is 1.09 bits per heavy atom. The number of furan rings is 2. The van der Waals surface area contributed by atoms with Crippen molar-refractivity contribution < 1.29 is 18.4 Å². The number of carbonyl (C=O) groups is 2. The van der Waals surface area contributed by atoms with Gasteiger partial charge in [-0.3, -0.25) is 9.59 Å². The first-order valence-corrected chi connectivity index (χ1v) is 11.6. The van der Waals surface area contributed by atoms with Crippen LogP contribution in [0.5, 0.6) is 0 Å². The minimum Gasteiger partial charge on any atom is -0.464 e. The largest absolute Gasteiger partial charge is 0.464 e. The van der Waals surface area contributed by atoms with Crippen molar-refractivity contribution in [2.45, 2.75) is 46.5 Å². The fourth-order valence-electron chi connectivity index (χ4n) is 4.47. The number of anilines is 1. The lowest BCUT2D eigenvalue weighted by Crippen LogP contribution is -2.23. The monoisotopic (exact) mass is 470 g/mol. The lowest BCUT2D eigenvalue weighted by molar-refractivity contribution is -0.120. The average Bonchev–Trinajstić information content (AvgIpc) is 3.42. The number of nitrogens with zero attached hydrogens (tertiary/aromatic N) is 2. The first-order valence-electron chi connectivity index (χ1n) is 11.6. The van der Waals surface area contributed by atoms with E-state index in [0.29, 0.717) is 35.7 Å². The van der Waals surface area contributed by atoms with Crippen LogP contribution in [-0.2, 0) is 17.6 Å². The van der Waals surface area contributed by atoms with E-state index in [1.807, 2.05) is 32.9 Å². The van der Waals surface area contributed by atoms with Gasteiger partial charge >= 0.3 is 0 Å². The van der Waals surface area contributed by atoms with Gasteiger partial charge in [0.1, 0.15) is 17.2 Å². The summed E-state index contributed by atoms with van der Waals surface area (Å²) in [4.78, 5) is 29.6. The van der Waals surface area contributed by atoms with E-state index in [9.17, 15) is 9.59 Å². The molecule has 0 aliphatic heterocycles. The topological polar surface area (TPSA) is 110 Å². The molecule has 0 spiro atoms. The number of amides is 2. The fraction of sp³-hybridized carbons (Fsp3) is 0.259. The van der Waals surface area contributed by atoms with Gasteiger partial charge in [-0.1, -0.05) is 18.2 Å². The van der Waals surface area contributed by atoms with Crippen molar-refractivity contribution in [2.24, 2.45) is 5.10 Å². The van der Waals surface area contributed by atoms with Crippen LogP contribution in [0.3, 0.4) is 0 Å². The number of fused-ring (bicyclic) bond motifs is 2. The Balaban J connectivity index is 1.33. The highest BCUT2D eigenvalue weighted by Gasteiger charge is 2.28. The van der Waals surface area contributed by atoms with Gasteiger partial charge in [0.05, 0.1) is 18.4 Å². The SMILES string of the molecule is Cc1ccc2c(CC(=O)N/N=C3\CCCc4oc(C(=O)Nc5ccccn5)c(C)c43)coc2c1C. The van der Waals surface area contributed by atoms with Gasteiger partial charge in [0.2, 0.25) is 5.91 Å². The third-order valence-electron chi connectivity index (χ3n) is 6.45. The number of aromatic nitrogens is 1. The second-order valence-corrected chi connectivity index (χ2v) is 8.79. The molecule has 1 aliphatic carbocycles. The van der Waals surface area contributed by atoms with Gasteiger partial charge in [-0.25, -0.2) is 10.4 Å². The number of hydrogen-bond acceptors (Lipinski definition) is 6. The van der Waals surface area contributed by atoms with Gasteiger partial charge in [0, 0.05) is 34.7 Å². The molecule has 8 nitrogen and oxygen atoms in total. The van der Waals surface area contributed by atoms with Crippen molar-refractivity contribution in [3.8, 4) is 0 Å². The zero-order valence-electron chi connectivity index (χ0n) is 19.9. The standard InChI is InChI=1S/C27H26N4O4/c1-15-10-11-19-18(14-34-25(19)16(15)2)13-23(32)31-30-20-7-6-8-21-24(20)17(3)26(35-21)27(33)29-22-9-4-5-12-28-22/h4-5,9-12,14H,6-8,13H2,1-3H3,(H,31,32)(H,28,29,33)/b30-20+. The Morgan fingerprint density at radius 3 is 2.74 bits per heavy atom. The van der Waals surface area contributed by atoms with Gasteiger partial charge in [0.15, 0.2) is 5.76 Å². The van der Waals surface area contributed by atoms with Gasteiger partial charge < -0.3 is 14.2 Å². The molecule has 1 aromatic carbocycles. The smallest absolute Gasteiger partial charge is 0.292 e. The number of aryl methyl sites for hydroxylation is 3. The Kier molecular flexibility index (Phi) is 5.94. The van der Waals surface area contributed by atoms with Gasteiger partial charge in [-0.05, 0) is 56.9 Å². The maximum absolute atomic E-state index is 12.8. The summed E-state index contributed by atoms with van der Waals surface area (Å²) in [5, 5.41) is 8.11. The first-order chi connectivity index (χ1) is 16.9. The predicted octanol–water partition coefficient (Wildman–Crippen LogP) is 5.00. The fourth-order valence-corrected chi connectivity index (χ4v) is 4.47. The molecule has 3 heterocycles. The molecule has 0 bridgehead atoms. The number of rotatable bonds is 5. The van der Waals surface area contributed by atoms with Crippen LogP contribution in [0.1, 0.15) is 57.0 Å². The van der Waals surface area contributed by atoms with E-state index in [4.69, 9.17) is 8.83 Å². The van der Waals surface area contributed by atoms with Crippen LogP contribution in [-0.4, -0.2) is 22.5 Å². The number of benzene rings is 1. The molecular formula is C27H26N4O4. The molecular weight excluding hydrogens is 444 g/mol. The zero-order chi connectivity index (χ0) is 24.5. The van der Waals surface area contributed by atoms with Crippen LogP contribution in [0.2, 0.25) is 0 Å². The van der Waals surface area contributed by atoms with Gasteiger partial charge in [-0.15, -0.1) is 0 Å². The lowest BCUT2D eigenvalue weighted by atomic mass is 9.93. The molecule has 0 saturated carbocycles. The van der Waals surface area contributed by atoms with E-state index in [2.05, 4.69) is 20.8 Å². The predicted molar refractivity (Wildman–Crippen MR) is 133 cm³/mol. The maximum Gasteiger partial charge on any atom is 0.292 e. The Hall–Kier alpha value is -4.20. The van der Waals surface area contributed by atoms with Crippen molar-refractivity contribution in [3.05, 3.63) is 82.1 Å². The molecule has 8 heteroatoms. The third-order valence-corrected chi connectivity index (χ3v) is 6.45. The van der Waals surface area contributed by atoms with Crippen LogP contribution in [0.15, 0.2) is 56.7 Å². The summed E-state index contributed by atoms with van der Waals surface area (Å²) in [6.07, 6.45) is 5.61. The Labute approximate surface area is 202 Å². The Bertz CT molecular complexity index is 1460. The molecule has 0 fully saturated rings. The number of carbonyl (C=O) groups excluding carboxylic acids is 2. The van der Waals surface area contributed by atoms with E-state index in [0.717, 1.165) is 39.6 Å². The molecule has 0 unspecified atom stereocenters. The molecule has 178 valence electrons. The van der Waals surface area contributed by atoms with Crippen molar-refractivity contribution in [1.29, 1.82) is 0 Å².